The number of hydrogen-bond acceptors (Lipinski definition) is 6. The van der Waals surface area contributed by atoms with Gasteiger partial charge in [0.15, 0.2) is 0 Å². The SMILES string of the molecule is CN(C)CCN1CCO[C@H]2CN(S(=O)(=O)C3CC3)C[C@H]21.O=C(O)C(F)(F)F. The Bertz CT molecular complexity index is 625. The van der Waals surface area contributed by atoms with E-state index in [-0.39, 0.29) is 17.4 Å². The lowest BCUT2D eigenvalue weighted by molar-refractivity contribution is -0.192. The molecule has 0 amide bonds. The third-order valence-electron chi connectivity index (χ3n) is 4.77. The van der Waals surface area contributed by atoms with Gasteiger partial charge >= 0.3 is 12.1 Å². The number of likely N-dealkylation sites (N-methyl/N-ethyl adjacent to an activating group) is 1. The first-order valence-corrected chi connectivity index (χ1v) is 10.2. The molecule has 1 saturated carbocycles. The largest absolute Gasteiger partial charge is 0.490 e. The number of carbonyl (C=O) groups is 1. The maximum atomic E-state index is 12.4. The second-order valence-corrected chi connectivity index (χ2v) is 9.39. The Hall–Kier alpha value is -0.950. The maximum Gasteiger partial charge on any atom is 0.490 e. The minimum atomic E-state index is -5.08. The number of hydrogen-bond donors (Lipinski definition) is 1. The molecule has 0 bridgehead atoms. The van der Waals surface area contributed by atoms with Crippen LogP contribution in [0, 0.1) is 0 Å². The van der Waals surface area contributed by atoms with Gasteiger partial charge in [-0.3, -0.25) is 4.90 Å². The Kier molecular flexibility index (Phi) is 7.11. The van der Waals surface area contributed by atoms with Crippen LogP contribution in [0.25, 0.3) is 0 Å². The highest BCUT2D eigenvalue weighted by molar-refractivity contribution is 7.90. The smallest absolute Gasteiger partial charge is 0.475 e. The zero-order valence-corrected chi connectivity index (χ0v) is 16.2. The van der Waals surface area contributed by atoms with E-state index in [1.807, 2.05) is 0 Å². The molecule has 2 atom stereocenters. The zero-order valence-electron chi connectivity index (χ0n) is 15.4. The Morgan fingerprint density at radius 2 is 1.85 bits per heavy atom. The number of sulfonamides is 1. The Labute approximate surface area is 156 Å². The van der Waals surface area contributed by atoms with Crippen molar-refractivity contribution in [3.63, 3.8) is 0 Å². The molecule has 3 fully saturated rings. The molecule has 1 N–H and O–H groups in total. The van der Waals surface area contributed by atoms with Gasteiger partial charge in [0.05, 0.1) is 24.0 Å². The highest BCUT2D eigenvalue weighted by atomic mass is 32.2. The molecule has 0 aromatic rings. The predicted octanol–water partition coefficient (Wildman–Crippen LogP) is 0.0585. The monoisotopic (exact) mass is 417 g/mol. The van der Waals surface area contributed by atoms with Gasteiger partial charge in [-0.2, -0.15) is 17.5 Å². The molecule has 0 aromatic carbocycles. The summed E-state index contributed by atoms with van der Waals surface area (Å²) in [4.78, 5) is 13.5. The van der Waals surface area contributed by atoms with Crippen LogP contribution in [-0.2, 0) is 19.6 Å². The maximum absolute atomic E-state index is 12.4. The molecule has 158 valence electrons. The van der Waals surface area contributed by atoms with Crippen molar-refractivity contribution in [1.29, 1.82) is 0 Å². The minimum Gasteiger partial charge on any atom is -0.475 e. The standard InChI is InChI=1S/C13H25N3O3S.C2HF3O2/c1-14(2)5-6-15-7-8-19-13-10-16(9-12(13)15)20(17,18)11-3-4-11;3-2(4,5)1(6)7/h11-13H,3-10H2,1-2H3;(H,6,7)/t12-,13+;/m1./s1. The van der Waals surface area contributed by atoms with Crippen LogP contribution in [-0.4, -0.2) is 111 Å². The number of nitrogens with zero attached hydrogens (tertiary/aromatic N) is 3. The van der Waals surface area contributed by atoms with Crippen LogP contribution >= 0.6 is 0 Å². The average molecular weight is 417 g/mol. The third kappa shape index (κ3) is 6.01. The fourth-order valence-electron chi connectivity index (χ4n) is 3.12. The van der Waals surface area contributed by atoms with Crippen molar-refractivity contribution in [1.82, 2.24) is 14.1 Å². The summed E-state index contributed by atoms with van der Waals surface area (Å²) in [6.07, 6.45) is -3.36. The van der Waals surface area contributed by atoms with Crippen molar-refractivity contribution in [2.75, 3.05) is 53.4 Å². The van der Waals surface area contributed by atoms with Gasteiger partial charge in [-0.1, -0.05) is 0 Å². The molecule has 3 rings (SSSR count). The van der Waals surface area contributed by atoms with Crippen LogP contribution in [0.3, 0.4) is 0 Å². The highest BCUT2D eigenvalue weighted by Gasteiger charge is 2.48. The first-order chi connectivity index (χ1) is 12.4. The van der Waals surface area contributed by atoms with Gasteiger partial charge in [0, 0.05) is 32.7 Å². The molecular formula is C15H26F3N3O5S. The first-order valence-electron chi connectivity index (χ1n) is 8.72. The number of rotatable bonds is 5. The van der Waals surface area contributed by atoms with Crippen LogP contribution in [0.1, 0.15) is 12.8 Å². The molecular weight excluding hydrogens is 391 g/mol. The van der Waals surface area contributed by atoms with Gasteiger partial charge in [0.2, 0.25) is 10.0 Å². The van der Waals surface area contributed by atoms with Gasteiger partial charge in [-0.15, -0.1) is 0 Å². The number of alkyl halides is 3. The predicted molar refractivity (Wildman–Crippen MR) is 90.9 cm³/mol. The van der Waals surface area contributed by atoms with E-state index in [0.717, 1.165) is 32.5 Å². The Balaban J connectivity index is 0.000000321. The molecule has 2 aliphatic heterocycles. The second kappa shape index (κ2) is 8.60. The van der Waals surface area contributed by atoms with Crippen molar-refractivity contribution in [2.45, 2.75) is 36.4 Å². The van der Waals surface area contributed by atoms with Gasteiger partial charge in [-0.05, 0) is 26.9 Å². The summed E-state index contributed by atoms with van der Waals surface area (Å²) < 4.78 is 63.9. The van der Waals surface area contributed by atoms with Gasteiger partial charge in [0.1, 0.15) is 0 Å². The molecule has 2 heterocycles. The molecule has 0 unspecified atom stereocenters. The summed E-state index contributed by atoms with van der Waals surface area (Å²) in [5.41, 5.74) is 0. The lowest BCUT2D eigenvalue weighted by atomic mass is 10.1. The Morgan fingerprint density at radius 1 is 1.26 bits per heavy atom. The van der Waals surface area contributed by atoms with Crippen LogP contribution in [0.4, 0.5) is 13.2 Å². The van der Waals surface area contributed by atoms with Crippen LogP contribution in [0.5, 0.6) is 0 Å². The molecule has 3 aliphatic rings. The molecule has 2 saturated heterocycles. The number of carboxylic acid groups (broad SMARTS) is 1. The zero-order chi connectivity index (χ0) is 20.4. The van der Waals surface area contributed by atoms with Crippen molar-refractivity contribution in [3.8, 4) is 0 Å². The number of morpholine rings is 1. The summed E-state index contributed by atoms with van der Waals surface area (Å²) in [5, 5.41) is 7.01. The number of carboxylic acids is 1. The normalized spacial score (nSPS) is 27.2. The summed E-state index contributed by atoms with van der Waals surface area (Å²) in [6, 6.07) is 0.234. The minimum absolute atomic E-state index is 0.0550. The van der Waals surface area contributed by atoms with E-state index in [4.69, 9.17) is 14.6 Å². The van der Waals surface area contributed by atoms with Crippen LogP contribution in [0.2, 0.25) is 0 Å². The number of fused-ring (bicyclic) bond motifs is 1. The van der Waals surface area contributed by atoms with E-state index in [1.54, 1.807) is 4.31 Å². The lowest BCUT2D eigenvalue weighted by Gasteiger charge is -2.37. The molecule has 12 heteroatoms. The van der Waals surface area contributed by atoms with E-state index in [1.165, 1.54) is 0 Å². The lowest BCUT2D eigenvalue weighted by Crippen LogP contribution is -2.52. The summed E-state index contributed by atoms with van der Waals surface area (Å²) in [6.45, 7) is 4.75. The second-order valence-electron chi connectivity index (χ2n) is 7.18. The quantitative estimate of drug-likeness (QED) is 0.677. The number of aliphatic carboxylic acids is 1. The topological polar surface area (TPSA) is 90.4 Å². The van der Waals surface area contributed by atoms with E-state index < -0.39 is 22.2 Å². The van der Waals surface area contributed by atoms with Gasteiger partial charge in [0.25, 0.3) is 0 Å². The summed E-state index contributed by atoms with van der Waals surface area (Å²) >= 11 is 0. The van der Waals surface area contributed by atoms with E-state index in [9.17, 15) is 21.6 Å². The van der Waals surface area contributed by atoms with Crippen molar-refractivity contribution >= 4 is 16.0 Å². The fourth-order valence-corrected chi connectivity index (χ4v) is 4.98. The number of halogens is 3. The highest BCUT2D eigenvalue weighted by Crippen LogP contribution is 2.34. The van der Waals surface area contributed by atoms with Crippen molar-refractivity contribution < 1.29 is 36.2 Å². The number of ether oxygens (including phenoxy) is 1. The third-order valence-corrected chi connectivity index (χ3v) is 7.10. The molecule has 8 nitrogen and oxygen atoms in total. The van der Waals surface area contributed by atoms with Gasteiger partial charge < -0.3 is 14.7 Å². The van der Waals surface area contributed by atoms with Crippen LogP contribution < -0.4 is 0 Å². The molecule has 0 aromatic heterocycles. The van der Waals surface area contributed by atoms with Crippen molar-refractivity contribution in [3.05, 3.63) is 0 Å². The molecule has 0 radical (unpaired) electrons. The first kappa shape index (κ1) is 22.3. The summed E-state index contributed by atoms with van der Waals surface area (Å²) in [7, 11) is 1.07. The summed E-state index contributed by atoms with van der Waals surface area (Å²) in [5.74, 6) is -2.76. The van der Waals surface area contributed by atoms with Crippen LogP contribution in [0.15, 0.2) is 0 Å². The molecule has 27 heavy (non-hydrogen) atoms. The average Bonchev–Trinajstić information content (AvgIpc) is 3.31. The Morgan fingerprint density at radius 3 is 2.33 bits per heavy atom. The van der Waals surface area contributed by atoms with E-state index in [0.29, 0.717) is 19.7 Å². The van der Waals surface area contributed by atoms with E-state index >= 15 is 0 Å². The molecule has 0 spiro atoms. The molecule has 1 aliphatic carbocycles. The van der Waals surface area contributed by atoms with E-state index in [2.05, 4.69) is 23.9 Å². The van der Waals surface area contributed by atoms with Crippen molar-refractivity contribution in [2.24, 2.45) is 0 Å². The van der Waals surface area contributed by atoms with Gasteiger partial charge in [-0.25, -0.2) is 13.2 Å². The fraction of sp³-hybridized carbons (Fsp3) is 0.933.